The highest BCUT2D eigenvalue weighted by Gasteiger charge is 2.44. The van der Waals surface area contributed by atoms with Crippen LogP contribution in [0.25, 0.3) is 0 Å². The molecule has 7 nitrogen and oxygen atoms in total. The van der Waals surface area contributed by atoms with Gasteiger partial charge in [-0.25, -0.2) is 4.68 Å². The Kier molecular flexibility index (Phi) is 3.61. The molecule has 3 atom stereocenters. The number of aryl methyl sites for hydroxylation is 2. The standard InChI is InChI=1S/C14H22N4O3/c1-3-6-17-14(13(18(20)21)9(2)15-17)16-7-10-4-5-12(19)11(10)8-16/h10-12,19H,3-8H2,1-2H3. The number of nitro groups is 1. The summed E-state index contributed by atoms with van der Waals surface area (Å²) in [6, 6.07) is 0. The zero-order valence-corrected chi connectivity index (χ0v) is 12.5. The molecule has 1 saturated heterocycles. The lowest BCUT2D eigenvalue weighted by Crippen LogP contribution is -2.27. The van der Waals surface area contributed by atoms with Crippen LogP contribution in [0.2, 0.25) is 0 Å². The number of rotatable bonds is 4. The second-order valence-electron chi connectivity index (χ2n) is 6.21. The Balaban J connectivity index is 1.96. The van der Waals surface area contributed by atoms with E-state index in [1.165, 1.54) is 0 Å². The summed E-state index contributed by atoms with van der Waals surface area (Å²) in [7, 11) is 0. The molecule has 1 aliphatic heterocycles. The van der Waals surface area contributed by atoms with Gasteiger partial charge in [-0.15, -0.1) is 0 Å². The first kappa shape index (κ1) is 14.3. The van der Waals surface area contributed by atoms with Gasteiger partial charge in [0.05, 0.1) is 11.0 Å². The molecule has 3 rings (SSSR count). The largest absolute Gasteiger partial charge is 0.393 e. The first-order valence-corrected chi connectivity index (χ1v) is 7.67. The summed E-state index contributed by atoms with van der Waals surface area (Å²) in [6.07, 6.45) is 2.49. The fraction of sp³-hybridized carbons (Fsp3) is 0.786. The van der Waals surface area contributed by atoms with Gasteiger partial charge < -0.3 is 10.0 Å². The van der Waals surface area contributed by atoms with Gasteiger partial charge in [0.2, 0.25) is 5.82 Å². The average Bonchev–Trinajstić information content (AvgIpc) is 3.05. The fourth-order valence-corrected chi connectivity index (χ4v) is 3.86. The maximum absolute atomic E-state index is 11.4. The van der Waals surface area contributed by atoms with Crippen molar-refractivity contribution in [3.8, 4) is 0 Å². The minimum absolute atomic E-state index is 0.123. The van der Waals surface area contributed by atoms with Crippen molar-refractivity contribution in [1.29, 1.82) is 0 Å². The highest BCUT2D eigenvalue weighted by atomic mass is 16.6. The molecule has 0 aromatic carbocycles. The van der Waals surface area contributed by atoms with Crippen LogP contribution in [-0.4, -0.2) is 39.0 Å². The van der Waals surface area contributed by atoms with Crippen LogP contribution in [-0.2, 0) is 6.54 Å². The number of hydrogen-bond donors (Lipinski definition) is 1. The molecular formula is C14H22N4O3. The van der Waals surface area contributed by atoms with E-state index in [4.69, 9.17) is 0 Å². The molecule has 1 aromatic heterocycles. The molecule has 0 radical (unpaired) electrons. The van der Waals surface area contributed by atoms with E-state index in [-0.39, 0.29) is 22.6 Å². The van der Waals surface area contributed by atoms with Crippen LogP contribution < -0.4 is 4.90 Å². The van der Waals surface area contributed by atoms with E-state index in [9.17, 15) is 15.2 Å². The summed E-state index contributed by atoms with van der Waals surface area (Å²) >= 11 is 0. The Morgan fingerprint density at radius 1 is 1.43 bits per heavy atom. The molecule has 1 aliphatic carbocycles. The van der Waals surface area contributed by atoms with Crippen LogP contribution in [0.15, 0.2) is 0 Å². The summed E-state index contributed by atoms with van der Waals surface area (Å²) in [6.45, 7) is 5.89. The van der Waals surface area contributed by atoms with Crippen LogP contribution in [0.4, 0.5) is 11.5 Å². The molecule has 1 aromatic rings. The lowest BCUT2D eigenvalue weighted by molar-refractivity contribution is -0.384. The van der Waals surface area contributed by atoms with Gasteiger partial charge in [0.25, 0.3) is 0 Å². The van der Waals surface area contributed by atoms with Crippen molar-refractivity contribution in [2.75, 3.05) is 18.0 Å². The normalized spacial score (nSPS) is 28.1. The molecule has 2 heterocycles. The van der Waals surface area contributed by atoms with E-state index in [0.717, 1.165) is 25.8 Å². The van der Waals surface area contributed by atoms with Gasteiger partial charge in [0.1, 0.15) is 5.69 Å². The SMILES string of the molecule is CCCn1nc(C)c([N+](=O)[O-])c1N1CC2CCC(O)C2C1. The van der Waals surface area contributed by atoms with Gasteiger partial charge in [0, 0.05) is 25.6 Å². The number of fused-ring (bicyclic) bond motifs is 1. The van der Waals surface area contributed by atoms with Crippen LogP contribution in [0.5, 0.6) is 0 Å². The number of nitrogens with zero attached hydrogens (tertiary/aromatic N) is 4. The topological polar surface area (TPSA) is 84.4 Å². The van der Waals surface area contributed by atoms with Crippen LogP contribution in [0.1, 0.15) is 31.9 Å². The van der Waals surface area contributed by atoms with Gasteiger partial charge in [-0.3, -0.25) is 10.1 Å². The molecule has 0 amide bonds. The molecule has 7 heteroatoms. The molecule has 21 heavy (non-hydrogen) atoms. The summed E-state index contributed by atoms with van der Waals surface area (Å²) in [4.78, 5) is 13.1. The molecular weight excluding hydrogens is 272 g/mol. The number of aliphatic hydroxyl groups is 1. The molecule has 116 valence electrons. The fourth-order valence-electron chi connectivity index (χ4n) is 3.86. The minimum Gasteiger partial charge on any atom is -0.393 e. The first-order chi connectivity index (χ1) is 10.0. The third-order valence-electron chi connectivity index (χ3n) is 4.81. The van der Waals surface area contributed by atoms with Crippen LogP contribution >= 0.6 is 0 Å². The van der Waals surface area contributed by atoms with Crippen LogP contribution in [0.3, 0.4) is 0 Å². The molecule has 1 saturated carbocycles. The van der Waals surface area contributed by atoms with Crippen molar-refractivity contribution in [3.63, 3.8) is 0 Å². The summed E-state index contributed by atoms with van der Waals surface area (Å²) in [5.41, 5.74) is 0.596. The van der Waals surface area contributed by atoms with Gasteiger partial charge in [-0.1, -0.05) is 6.92 Å². The number of aromatic nitrogens is 2. The Morgan fingerprint density at radius 2 is 2.19 bits per heavy atom. The monoisotopic (exact) mass is 294 g/mol. The van der Waals surface area contributed by atoms with Crippen molar-refractivity contribution < 1.29 is 10.0 Å². The van der Waals surface area contributed by atoms with Gasteiger partial charge in [0.15, 0.2) is 0 Å². The molecule has 3 unspecified atom stereocenters. The van der Waals surface area contributed by atoms with Gasteiger partial charge in [-0.2, -0.15) is 5.10 Å². The maximum atomic E-state index is 11.4. The van der Waals surface area contributed by atoms with E-state index in [2.05, 4.69) is 10.00 Å². The molecule has 0 spiro atoms. The van der Waals surface area contributed by atoms with E-state index in [0.29, 0.717) is 30.5 Å². The molecule has 0 bridgehead atoms. The van der Waals surface area contributed by atoms with E-state index in [1.54, 1.807) is 11.6 Å². The third-order valence-corrected chi connectivity index (χ3v) is 4.81. The molecule has 2 fully saturated rings. The summed E-state index contributed by atoms with van der Waals surface area (Å²) in [5, 5.41) is 25.8. The number of hydrogen-bond acceptors (Lipinski definition) is 5. The Bertz CT molecular complexity index is 557. The average molecular weight is 294 g/mol. The van der Waals surface area contributed by atoms with E-state index in [1.807, 2.05) is 6.92 Å². The van der Waals surface area contributed by atoms with Crippen molar-refractivity contribution >= 4 is 11.5 Å². The Labute approximate surface area is 123 Å². The zero-order chi connectivity index (χ0) is 15.1. The van der Waals surface area contributed by atoms with Crippen molar-refractivity contribution in [3.05, 3.63) is 15.8 Å². The highest BCUT2D eigenvalue weighted by molar-refractivity contribution is 5.62. The first-order valence-electron chi connectivity index (χ1n) is 7.67. The van der Waals surface area contributed by atoms with Crippen molar-refractivity contribution in [1.82, 2.24) is 9.78 Å². The van der Waals surface area contributed by atoms with Gasteiger partial charge >= 0.3 is 5.69 Å². The second-order valence-corrected chi connectivity index (χ2v) is 6.21. The highest BCUT2D eigenvalue weighted by Crippen LogP contribution is 2.42. The third kappa shape index (κ3) is 2.29. The second kappa shape index (κ2) is 5.29. The van der Waals surface area contributed by atoms with Crippen molar-refractivity contribution in [2.24, 2.45) is 11.8 Å². The maximum Gasteiger partial charge on any atom is 0.333 e. The Morgan fingerprint density at radius 3 is 2.81 bits per heavy atom. The lowest BCUT2D eigenvalue weighted by Gasteiger charge is -2.20. The summed E-state index contributed by atoms with van der Waals surface area (Å²) in [5.74, 6) is 1.32. The Hall–Kier alpha value is -1.63. The number of aliphatic hydroxyl groups excluding tert-OH is 1. The molecule has 1 N–H and O–H groups in total. The predicted molar refractivity (Wildman–Crippen MR) is 78.3 cm³/mol. The van der Waals surface area contributed by atoms with Gasteiger partial charge in [-0.05, 0) is 32.1 Å². The van der Waals surface area contributed by atoms with Crippen molar-refractivity contribution in [2.45, 2.75) is 45.8 Å². The molecule has 2 aliphatic rings. The summed E-state index contributed by atoms with van der Waals surface area (Å²) < 4.78 is 1.76. The number of anilines is 1. The van der Waals surface area contributed by atoms with E-state index >= 15 is 0 Å². The zero-order valence-electron chi connectivity index (χ0n) is 12.5. The lowest BCUT2D eigenvalue weighted by atomic mass is 10.00. The van der Waals surface area contributed by atoms with E-state index < -0.39 is 0 Å². The predicted octanol–water partition coefficient (Wildman–Crippen LogP) is 1.72. The van der Waals surface area contributed by atoms with Crippen LogP contribution in [0, 0.1) is 28.9 Å². The quantitative estimate of drug-likeness (QED) is 0.675. The smallest absolute Gasteiger partial charge is 0.333 e. The minimum atomic E-state index is -0.325.